The summed E-state index contributed by atoms with van der Waals surface area (Å²) in [5.74, 6) is 0.596. The van der Waals surface area contributed by atoms with Crippen LogP contribution in [0.1, 0.15) is 46.0 Å². The summed E-state index contributed by atoms with van der Waals surface area (Å²) in [5.41, 5.74) is 0. The lowest BCUT2D eigenvalue weighted by Gasteiger charge is -2.21. The SMILES string of the molecule is CCC(CC)C(=O)NC1CCCC1CO. The molecule has 0 aromatic carbocycles. The van der Waals surface area contributed by atoms with Gasteiger partial charge in [-0.25, -0.2) is 0 Å². The summed E-state index contributed by atoms with van der Waals surface area (Å²) in [6, 6.07) is 0.211. The van der Waals surface area contributed by atoms with Crippen LogP contribution in [0.15, 0.2) is 0 Å². The van der Waals surface area contributed by atoms with E-state index in [4.69, 9.17) is 5.11 Å². The lowest BCUT2D eigenvalue weighted by molar-refractivity contribution is -0.126. The second-order valence-electron chi connectivity index (χ2n) is 4.50. The van der Waals surface area contributed by atoms with Crippen LogP contribution >= 0.6 is 0 Å². The van der Waals surface area contributed by atoms with Crippen molar-refractivity contribution in [3.63, 3.8) is 0 Å². The fraction of sp³-hybridized carbons (Fsp3) is 0.917. The van der Waals surface area contributed by atoms with Crippen molar-refractivity contribution in [2.45, 2.75) is 52.0 Å². The number of amides is 1. The van der Waals surface area contributed by atoms with E-state index in [0.717, 1.165) is 32.1 Å². The summed E-state index contributed by atoms with van der Waals surface area (Å²) in [5, 5.41) is 12.2. The third-order valence-corrected chi connectivity index (χ3v) is 3.58. The molecular weight excluding hydrogens is 190 g/mol. The van der Waals surface area contributed by atoms with E-state index in [9.17, 15) is 4.79 Å². The molecule has 1 fully saturated rings. The van der Waals surface area contributed by atoms with E-state index in [2.05, 4.69) is 5.32 Å². The van der Waals surface area contributed by atoms with Crippen LogP contribution in [-0.2, 0) is 4.79 Å². The first-order chi connectivity index (χ1) is 7.22. The average Bonchev–Trinajstić information content (AvgIpc) is 2.67. The topological polar surface area (TPSA) is 49.3 Å². The first-order valence-electron chi connectivity index (χ1n) is 6.14. The van der Waals surface area contributed by atoms with Crippen LogP contribution < -0.4 is 5.32 Å². The van der Waals surface area contributed by atoms with Gasteiger partial charge in [-0.05, 0) is 25.7 Å². The van der Waals surface area contributed by atoms with Gasteiger partial charge in [0.05, 0.1) is 0 Å². The van der Waals surface area contributed by atoms with Gasteiger partial charge in [0.25, 0.3) is 0 Å². The molecule has 1 rings (SSSR count). The number of nitrogens with one attached hydrogen (secondary N) is 1. The molecule has 15 heavy (non-hydrogen) atoms. The fourth-order valence-electron chi connectivity index (χ4n) is 2.41. The van der Waals surface area contributed by atoms with Crippen molar-refractivity contribution in [2.24, 2.45) is 11.8 Å². The Kier molecular flexibility index (Phi) is 5.09. The molecule has 1 aliphatic carbocycles. The lowest BCUT2D eigenvalue weighted by atomic mass is 10.00. The molecule has 0 spiro atoms. The van der Waals surface area contributed by atoms with E-state index >= 15 is 0 Å². The number of aliphatic hydroxyl groups excluding tert-OH is 1. The summed E-state index contributed by atoms with van der Waals surface area (Å²) < 4.78 is 0. The van der Waals surface area contributed by atoms with Gasteiger partial charge in [-0.2, -0.15) is 0 Å². The minimum atomic E-state index is 0.143. The van der Waals surface area contributed by atoms with Crippen molar-refractivity contribution in [3.8, 4) is 0 Å². The van der Waals surface area contributed by atoms with Crippen LogP contribution in [0.5, 0.6) is 0 Å². The van der Waals surface area contributed by atoms with E-state index in [1.54, 1.807) is 0 Å². The summed E-state index contributed by atoms with van der Waals surface area (Å²) in [6.07, 6.45) is 5.00. The number of hydrogen-bond donors (Lipinski definition) is 2. The van der Waals surface area contributed by atoms with Gasteiger partial charge in [0.2, 0.25) is 5.91 Å². The van der Waals surface area contributed by atoms with Crippen molar-refractivity contribution in [1.82, 2.24) is 5.32 Å². The highest BCUT2D eigenvalue weighted by Gasteiger charge is 2.29. The molecule has 2 atom stereocenters. The molecule has 1 aliphatic rings. The van der Waals surface area contributed by atoms with E-state index < -0.39 is 0 Å². The number of rotatable bonds is 5. The largest absolute Gasteiger partial charge is 0.396 e. The highest BCUT2D eigenvalue weighted by atomic mass is 16.3. The van der Waals surface area contributed by atoms with E-state index in [0.29, 0.717) is 0 Å². The van der Waals surface area contributed by atoms with E-state index in [-0.39, 0.29) is 30.4 Å². The van der Waals surface area contributed by atoms with Crippen molar-refractivity contribution in [3.05, 3.63) is 0 Å². The van der Waals surface area contributed by atoms with Gasteiger partial charge in [-0.1, -0.05) is 20.3 Å². The maximum absolute atomic E-state index is 11.8. The van der Waals surface area contributed by atoms with Gasteiger partial charge in [0.1, 0.15) is 0 Å². The van der Waals surface area contributed by atoms with Crippen LogP contribution in [0.25, 0.3) is 0 Å². The van der Waals surface area contributed by atoms with Crippen molar-refractivity contribution < 1.29 is 9.90 Å². The molecule has 0 radical (unpaired) electrons. The molecule has 88 valence electrons. The summed E-state index contributed by atoms with van der Waals surface area (Å²) in [7, 11) is 0. The Morgan fingerprint density at radius 1 is 1.40 bits per heavy atom. The molecule has 0 saturated heterocycles. The number of carbonyl (C=O) groups excluding carboxylic acids is 1. The predicted octanol–water partition coefficient (Wildman–Crippen LogP) is 1.70. The first-order valence-corrected chi connectivity index (χ1v) is 6.14. The number of aliphatic hydroxyl groups is 1. The van der Waals surface area contributed by atoms with Crippen molar-refractivity contribution in [2.75, 3.05) is 6.61 Å². The zero-order valence-corrected chi connectivity index (χ0v) is 9.83. The normalized spacial score (nSPS) is 25.9. The third kappa shape index (κ3) is 3.20. The second-order valence-corrected chi connectivity index (χ2v) is 4.50. The third-order valence-electron chi connectivity index (χ3n) is 3.58. The summed E-state index contributed by atoms with van der Waals surface area (Å²) in [4.78, 5) is 11.8. The zero-order valence-electron chi connectivity index (χ0n) is 9.83. The maximum atomic E-state index is 11.8. The lowest BCUT2D eigenvalue weighted by Crippen LogP contribution is -2.41. The van der Waals surface area contributed by atoms with Crippen LogP contribution in [-0.4, -0.2) is 23.7 Å². The van der Waals surface area contributed by atoms with Gasteiger partial charge >= 0.3 is 0 Å². The Hall–Kier alpha value is -0.570. The van der Waals surface area contributed by atoms with Crippen molar-refractivity contribution in [1.29, 1.82) is 0 Å². The average molecular weight is 213 g/mol. The predicted molar refractivity (Wildman–Crippen MR) is 60.4 cm³/mol. The molecular formula is C12H23NO2. The summed E-state index contributed by atoms with van der Waals surface area (Å²) >= 11 is 0. The molecule has 0 aromatic heterocycles. The monoisotopic (exact) mass is 213 g/mol. The van der Waals surface area contributed by atoms with Gasteiger partial charge in [0.15, 0.2) is 0 Å². The fourth-order valence-corrected chi connectivity index (χ4v) is 2.41. The number of carbonyl (C=O) groups is 1. The zero-order chi connectivity index (χ0) is 11.3. The van der Waals surface area contributed by atoms with Crippen LogP contribution in [0.4, 0.5) is 0 Å². The first kappa shape index (κ1) is 12.5. The highest BCUT2D eigenvalue weighted by molar-refractivity contribution is 5.78. The molecule has 0 heterocycles. The molecule has 2 unspecified atom stereocenters. The van der Waals surface area contributed by atoms with Crippen LogP contribution in [0.3, 0.4) is 0 Å². The van der Waals surface area contributed by atoms with E-state index in [1.165, 1.54) is 0 Å². The molecule has 2 N–H and O–H groups in total. The molecule has 0 aromatic rings. The maximum Gasteiger partial charge on any atom is 0.223 e. The van der Waals surface area contributed by atoms with Gasteiger partial charge < -0.3 is 10.4 Å². The molecule has 3 nitrogen and oxygen atoms in total. The van der Waals surface area contributed by atoms with Crippen LogP contribution in [0.2, 0.25) is 0 Å². The summed E-state index contributed by atoms with van der Waals surface area (Å²) in [6.45, 7) is 4.30. The quantitative estimate of drug-likeness (QED) is 0.730. The second kappa shape index (κ2) is 6.11. The molecule has 1 amide bonds. The van der Waals surface area contributed by atoms with E-state index in [1.807, 2.05) is 13.8 Å². The molecule has 0 aliphatic heterocycles. The number of hydrogen-bond acceptors (Lipinski definition) is 2. The van der Waals surface area contributed by atoms with Crippen LogP contribution in [0, 0.1) is 11.8 Å². The molecule has 1 saturated carbocycles. The Labute approximate surface area is 92.3 Å². The molecule has 0 bridgehead atoms. The standard InChI is InChI=1S/C12H23NO2/c1-3-9(4-2)12(15)13-11-7-5-6-10(11)8-14/h9-11,14H,3-8H2,1-2H3,(H,13,15). The Morgan fingerprint density at radius 2 is 2.07 bits per heavy atom. The van der Waals surface area contributed by atoms with Gasteiger partial charge in [-0.15, -0.1) is 0 Å². The Balaban J connectivity index is 2.42. The van der Waals surface area contributed by atoms with Crippen molar-refractivity contribution >= 4 is 5.91 Å². The highest BCUT2D eigenvalue weighted by Crippen LogP contribution is 2.25. The minimum absolute atomic E-state index is 0.143. The Morgan fingerprint density at radius 3 is 2.60 bits per heavy atom. The smallest absolute Gasteiger partial charge is 0.223 e. The van der Waals surface area contributed by atoms with Gasteiger partial charge in [-0.3, -0.25) is 4.79 Å². The van der Waals surface area contributed by atoms with Gasteiger partial charge in [0, 0.05) is 24.5 Å². The Bertz CT molecular complexity index is 202. The molecule has 3 heteroatoms. The minimum Gasteiger partial charge on any atom is -0.396 e.